The van der Waals surface area contributed by atoms with E-state index in [9.17, 15) is 14.6 Å². The molecule has 1 heterocycles. The zero-order chi connectivity index (χ0) is 11.6. The summed E-state index contributed by atoms with van der Waals surface area (Å²) in [7, 11) is -0.804. The first kappa shape index (κ1) is 12.2. The average Bonchev–Trinajstić information content (AvgIpc) is 2.46. The van der Waals surface area contributed by atoms with Gasteiger partial charge in [-0.05, 0) is 20.7 Å². The number of ether oxygens (including phenoxy) is 1. The highest BCUT2D eigenvalue weighted by Gasteiger charge is 2.40. The van der Waals surface area contributed by atoms with Gasteiger partial charge in [0.1, 0.15) is 11.8 Å². The third kappa shape index (κ3) is 3.04. The van der Waals surface area contributed by atoms with E-state index in [1.807, 2.05) is 0 Å². The lowest BCUT2D eigenvalue weighted by atomic mass is 9.84. The second-order valence-electron chi connectivity index (χ2n) is 4.05. The number of nitrogens with zero attached hydrogens (tertiary/aromatic N) is 1. The summed E-state index contributed by atoms with van der Waals surface area (Å²) in [5, 5.41) is 9.39. The van der Waals surface area contributed by atoms with E-state index in [1.54, 1.807) is 13.8 Å². The number of carbonyl (C=O) groups is 2. The van der Waals surface area contributed by atoms with E-state index in [0.29, 0.717) is 0 Å². The van der Waals surface area contributed by atoms with E-state index in [4.69, 9.17) is 4.74 Å². The van der Waals surface area contributed by atoms with Gasteiger partial charge in [-0.25, -0.2) is 0 Å². The number of esters is 1. The molecule has 84 valence electrons. The SMILES string of the molecule is CB(O)N1CC(=O)C[C@H]1C(=O)OC(C)C. The summed E-state index contributed by atoms with van der Waals surface area (Å²) in [4.78, 5) is 24.2. The number of Topliss-reactive ketones (excluding diaryl/α,β-unsaturated/α-hetero) is 1. The molecule has 1 fully saturated rings. The summed E-state index contributed by atoms with van der Waals surface area (Å²) >= 11 is 0. The molecular weight excluding hydrogens is 197 g/mol. The van der Waals surface area contributed by atoms with Crippen molar-refractivity contribution in [3.05, 3.63) is 0 Å². The van der Waals surface area contributed by atoms with Gasteiger partial charge in [-0.15, -0.1) is 0 Å². The van der Waals surface area contributed by atoms with Gasteiger partial charge in [0.25, 0.3) is 0 Å². The lowest BCUT2D eigenvalue weighted by Gasteiger charge is -2.23. The van der Waals surface area contributed by atoms with Crippen LogP contribution in [0.4, 0.5) is 0 Å². The highest BCUT2D eigenvalue weighted by Crippen LogP contribution is 2.17. The molecule has 0 unspecified atom stereocenters. The number of carbonyl (C=O) groups excluding carboxylic acids is 2. The first-order valence-corrected chi connectivity index (χ1v) is 5.07. The molecule has 0 radical (unpaired) electrons. The standard InChI is InChI=1S/C9H16BNO4/c1-6(2)15-9(13)8-4-7(12)5-11(8)10(3)14/h6,8,14H,4-5H2,1-3H3/t8-/m0/s1. The number of hydrogen-bond acceptors (Lipinski definition) is 5. The second kappa shape index (κ2) is 4.76. The highest BCUT2D eigenvalue weighted by atomic mass is 16.5. The molecule has 1 aliphatic rings. The normalized spacial score (nSPS) is 22.2. The number of hydrogen-bond donors (Lipinski definition) is 1. The van der Waals surface area contributed by atoms with Crippen LogP contribution in [0.25, 0.3) is 0 Å². The molecule has 1 saturated heterocycles. The molecule has 1 N–H and O–H groups in total. The summed E-state index contributed by atoms with van der Waals surface area (Å²) in [5.41, 5.74) is 0. The molecule has 1 rings (SSSR count). The van der Waals surface area contributed by atoms with Crippen molar-refractivity contribution in [2.45, 2.75) is 39.2 Å². The monoisotopic (exact) mass is 213 g/mol. The summed E-state index contributed by atoms with van der Waals surface area (Å²) < 4.78 is 5.02. The van der Waals surface area contributed by atoms with Crippen molar-refractivity contribution in [2.24, 2.45) is 0 Å². The zero-order valence-corrected chi connectivity index (χ0v) is 9.27. The fourth-order valence-electron chi connectivity index (χ4n) is 1.63. The first-order chi connectivity index (χ1) is 6.91. The lowest BCUT2D eigenvalue weighted by Crippen LogP contribution is -2.46. The van der Waals surface area contributed by atoms with Gasteiger partial charge >= 0.3 is 13.0 Å². The molecule has 1 atom stereocenters. The molecule has 0 aliphatic carbocycles. The topological polar surface area (TPSA) is 66.8 Å². The maximum absolute atomic E-state index is 11.6. The largest absolute Gasteiger partial charge is 0.462 e. The Balaban J connectivity index is 2.66. The Labute approximate surface area is 89.5 Å². The van der Waals surface area contributed by atoms with Crippen LogP contribution in [-0.4, -0.2) is 47.3 Å². The molecule has 0 amide bonds. The fourth-order valence-corrected chi connectivity index (χ4v) is 1.63. The maximum atomic E-state index is 11.6. The molecule has 5 nitrogen and oxygen atoms in total. The molecule has 0 spiro atoms. The third-order valence-electron chi connectivity index (χ3n) is 2.28. The number of ketones is 1. The van der Waals surface area contributed by atoms with Crippen LogP contribution in [0.15, 0.2) is 0 Å². The van der Waals surface area contributed by atoms with Crippen molar-refractivity contribution in [3.63, 3.8) is 0 Å². The minimum Gasteiger partial charge on any atom is -0.462 e. The van der Waals surface area contributed by atoms with Crippen LogP contribution in [0.3, 0.4) is 0 Å². The van der Waals surface area contributed by atoms with Crippen molar-refractivity contribution in [2.75, 3.05) is 6.54 Å². The highest BCUT2D eigenvalue weighted by molar-refractivity contribution is 6.46. The van der Waals surface area contributed by atoms with Crippen molar-refractivity contribution in [1.82, 2.24) is 4.81 Å². The van der Waals surface area contributed by atoms with Crippen molar-refractivity contribution < 1.29 is 19.3 Å². The van der Waals surface area contributed by atoms with Gasteiger partial charge in [0, 0.05) is 13.0 Å². The van der Waals surface area contributed by atoms with Crippen LogP contribution in [-0.2, 0) is 14.3 Å². The second-order valence-corrected chi connectivity index (χ2v) is 4.05. The van der Waals surface area contributed by atoms with Gasteiger partial charge in [-0.1, -0.05) is 0 Å². The molecule has 0 saturated carbocycles. The van der Waals surface area contributed by atoms with Gasteiger partial charge < -0.3 is 9.76 Å². The Morgan fingerprint density at radius 2 is 2.27 bits per heavy atom. The van der Waals surface area contributed by atoms with Crippen molar-refractivity contribution in [1.29, 1.82) is 0 Å². The molecule has 0 aromatic rings. The molecule has 6 heteroatoms. The summed E-state index contributed by atoms with van der Waals surface area (Å²) in [6, 6.07) is -0.625. The van der Waals surface area contributed by atoms with E-state index < -0.39 is 19.1 Å². The zero-order valence-electron chi connectivity index (χ0n) is 9.27. The van der Waals surface area contributed by atoms with Crippen LogP contribution in [0.2, 0.25) is 6.82 Å². The molecule has 0 aromatic carbocycles. The quantitative estimate of drug-likeness (QED) is 0.514. The Bertz CT molecular complexity index is 267. The minimum atomic E-state index is -0.804. The summed E-state index contributed by atoms with van der Waals surface area (Å²) in [5.74, 6) is -0.474. The van der Waals surface area contributed by atoms with E-state index in [0.717, 1.165) is 0 Å². The van der Waals surface area contributed by atoms with Crippen molar-refractivity contribution in [3.8, 4) is 0 Å². The summed E-state index contributed by atoms with van der Waals surface area (Å²) in [6.45, 7) is 5.16. The minimum absolute atomic E-state index is 0.0402. The Morgan fingerprint density at radius 3 is 2.73 bits per heavy atom. The van der Waals surface area contributed by atoms with E-state index in [2.05, 4.69) is 0 Å². The van der Waals surface area contributed by atoms with Crippen LogP contribution >= 0.6 is 0 Å². The van der Waals surface area contributed by atoms with E-state index in [1.165, 1.54) is 11.6 Å². The van der Waals surface area contributed by atoms with Gasteiger partial charge in [0.15, 0.2) is 0 Å². The van der Waals surface area contributed by atoms with Crippen LogP contribution in [0, 0.1) is 0 Å². The van der Waals surface area contributed by atoms with E-state index in [-0.39, 0.29) is 24.9 Å². The third-order valence-corrected chi connectivity index (χ3v) is 2.28. The predicted molar refractivity (Wildman–Crippen MR) is 55.2 cm³/mol. The van der Waals surface area contributed by atoms with Crippen molar-refractivity contribution >= 4 is 18.8 Å². The molecule has 0 aromatic heterocycles. The Hall–Kier alpha value is -0.875. The van der Waals surface area contributed by atoms with Gasteiger partial charge in [-0.3, -0.25) is 14.4 Å². The number of rotatable bonds is 3. The van der Waals surface area contributed by atoms with Gasteiger partial charge in [-0.2, -0.15) is 0 Å². The molecule has 0 bridgehead atoms. The lowest BCUT2D eigenvalue weighted by molar-refractivity contribution is -0.151. The maximum Gasteiger partial charge on any atom is 0.377 e. The van der Waals surface area contributed by atoms with Crippen LogP contribution in [0.1, 0.15) is 20.3 Å². The molecule has 1 aliphatic heterocycles. The fraction of sp³-hybridized carbons (Fsp3) is 0.778. The Morgan fingerprint density at radius 1 is 1.67 bits per heavy atom. The summed E-state index contributed by atoms with van der Waals surface area (Å²) in [6.07, 6.45) is -0.0692. The first-order valence-electron chi connectivity index (χ1n) is 5.07. The predicted octanol–water partition coefficient (Wildman–Crippen LogP) is -0.308. The van der Waals surface area contributed by atoms with E-state index >= 15 is 0 Å². The van der Waals surface area contributed by atoms with Crippen LogP contribution in [0.5, 0.6) is 0 Å². The smallest absolute Gasteiger partial charge is 0.377 e. The molecular formula is C9H16BNO4. The average molecular weight is 213 g/mol. The van der Waals surface area contributed by atoms with Gasteiger partial charge in [0.2, 0.25) is 0 Å². The van der Waals surface area contributed by atoms with Crippen LogP contribution < -0.4 is 0 Å². The molecule has 15 heavy (non-hydrogen) atoms. The Kier molecular flexibility index (Phi) is 3.87. The van der Waals surface area contributed by atoms with Gasteiger partial charge in [0.05, 0.1) is 6.10 Å².